The van der Waals surface area contributed by atoms with Gasteiger partial charge in [0.05, 0.1) is 0 Å². The van der Waals surface area contributed by atoms with Crippen LogP contribution in [0.5, 0.6) is 0 Å². The fourth-order valence-corrected chi connectivity index (χ4v) is 0. The van der Waals surface area contributed by atoms with E-state index in [0.717, 1.165) is 0 Å². The molecule has 5 nitrogen and oxygen atoms in total. The molecule has 2 N–H and O–H groups in total. The zero-order chi connectivity index (χ0) is 4.50. The molecule has 0 aromatic heterocycles. The van der Waals surface area contributed by atoms with Crippen molar-refractivity contribution in [2.24, 2.45) is 0 Å². The molecule has 0 heterocycles. The molecule has 0 amide bonds. The van der Waals surface area contributed by atoms with Crippen molar-refractivity contribution < 1.29 is 61.3 Å². The Morgan fingerprint density at radius 1 is 1.12 bits per heavy atom. The summed E-state index contributed by atoms with van der Waals surface area (Å²) in [4.78, 5) is 25.6. The van der Waals surface area contributed by atoms with E-state index >= 15 is 0 Å². The third kappa shape index (κ3) is 189. The van der Waals surface area contributed by atoms with E-state index in [0.29, 0.717) is 0 Å². The molecule has 46 valence electrons. The Morgan fingerprint density at radius 3 is 1.12 bits per heavy atom. The van der Waals surface area contributed by atoms with Crippen molar-refractivity contribution in [1.29, 1.82) is 0 Å². The zero-order valence-corrected chi connectivity index (χ0v) is 8.61. The van der Waals surface area contributed by atoms with Crippen molar-refractivity contribution in [3.8, 4) is 0 Å². The number of hydrogen-bond acceptors (Lipinski definition) is 4. The first-order chi connectivity index (χ1) is 2.00. The van der Waals surface area contributed by atoms with Crippen LogP contribution in [0.4, 0.5) is 0 Å². The van der Waals surface area contributed by atoms with Gasteiger partial charge < -0.3 is 24.7 Å². The Hall–Kier alpha value is 1.21. The second-order valence-electron chi connectivity index (χ2n) is 0.447. The summed E-state index contributed by atoms with van der Waals surface area (Å²) in [6, 6.07) is 0. The SMILES string of the molecule is O.O=P([O-])([O-])[O-].[Fe+2].[Zn+2]. The van der Waals surface area contributed by atoms with E-state index in [-0.39, 0.29) is 42.0 Å². The molecule has 0 unspecified atom stereocenters. The molecule has 0 aromatic carbocycles. The quantitative estimate of drug-likeness (QED) is 0.317. The molecular weight excluding hydrogens is 232 g/mol. The largest absolute Gasteiger partial charge is 2.00 e. The summed E-state index contributed by atoms with van der Waals surface area (Å²) in [6.07, 6.45) is 0. The predicted octanol–water partition coefficient (Wildman–Crippen LogP) is -3.65. The van der Waals surface area contributed by atoms with Crippen LogP contribution in [-0.4, -0.2) is 5.48 Å². The van der Waals surface area contributed by atoms with Crippen molar-refractivity contribution in [1.82, 2.24) is 0 Å². The third-order valence-electron chi connectivity index (χ3n) is 0. The zero-order valence-electron chi connectivity index (χ0n) is 3.64. The summed E-state index contributed by atoms with van der Waals surface area (Å²) in [6.45, 7) is 0. The van der Waals surface area contributed by atoms with Gasteiger partial charge in [0.2, 0.25) is 0 Å². The molecule has 0 aliphatic rings. The van der Waals surface area contributed by atoms with Crippen LogP contribution >= 0.6 is 7.82 Å². The van der Waals surface area contributed by atoms with Gasteiger partial charge >= 0.3 is 36.5 Å². The second kappa shape index (κ2) is 8.21. The maximum Gasteiger partial charge on any atom is 2.00 e. The Labute approximate surface area is 69.3 Å². The molecule has 0 fully saturated rings. The maximum absolute atomic E-state index is 8.55. The molecule has 0 aromatic rings. The van der Waals surface area contributed by atoms with E-state index < -0.39 is 7.82 Å². The van der Waals surface area contributed by atoms with Crippen molar-refractivity contribution >= 4 is 7.82 Å². The molecule has 0 spiro atoms. The second-order valence-corrected chi connectivity index (χ2v) is 1.34. The molecule has 0 bridgehead atoms. The molecule has 0 saturated carbocycles. The van der Waals surface area contributed by atoms with Gasteiger partial charge in [-0.25, -0.2) is 0 Å². The van der Waals surface area contributed by atoms with E-state index in [1.165, 1.54) is 0 Å². The Bertz CT molecular complexity index is 58.6. The molecule has 0 radical (unpaired) electrons. The summed E-state index contributed by atoms with van der Waals surface area (Å²) >= 11 is 0. The predicted molar refractivity (Wildman–Crippen MR) is 11.2 cm³/mol. The first-order valence-electron chi connectivity index (χ1n) is 0.730. The average molecular weight is 234 g/mol. The van der Waals surface area contributed by atoms with Crippen LogP contribution in [0.15, 0.2) is 0 Å². The molecule has 0 rings (SSSR count). The van der Waals surface area contributed by atoms with E-state index in [9.17, 15) is 0 Å². The first kappa shape index (κ1) is 22.9. The maximum atomic E-state index is 8.55. The normalized spacial score (nSPS) is 7.38. The summed E-state index contributed by atoms with van der Waals surface area (Å²) in [5.74, 6) is 0. The van der Waals surface area contributed by atoms with Gasteiger partial charge in [0.25, 0.3) is 0 Å². The Kier molecular flexibility index (Phi) is 23.5. The van der Waals surface area contributed by atoms with Gasteiger partial charge in [-0.15, -0.1) is 0 Å². The van der Waals surface area contributed by atoms with E-state index in [2.05, 4.69) is 0 Å². The van der Waals surface area contributed by atoms with Gasteiger partial charge in [-0.05, 0) is 0 Å². The summed E-state index contributed by atoms with van der Waals surface area (Å²) in [7, 11) is -5.39. The van der Waals surface area contributed by atoms with Crippen LogP contribution in [-0.2, 0) is 41.1 Å². The van der Waals surface area contributed by atoms with Gasteiger partial charge in [0, 0.05) is 0 Å². The molecule has 0 aliphatic heterocycles. The van der Waals surface area contributed by atoms with Gasteiger partial charge in [0.1, 0.15) is 0 Å². The standard InChI is InChI=1S/Fe.H3O4P.H2O.Zn/c;1-5(2,3)4;;/h;(H3,1,2,3,4);1H2;/q+2;;;+2/p-3. The van der Waals surface area contributed by atoms with Gasteiger partial charge in [0.15, 0.2) is 0 Å². The van der Waals surface area contributed by atoms with E-state index in [4.69, 9.17) is 19.2 Å². The van der Waals surface area contributed by atoms with Crippen molar-refractivity contribution in [3.05, 3.63) is 0 Å². The van der Waals surface area contributed by atoms with Gasteiger partial charge in [-0.3, -0.25) is 0 Å². The number of hydrogen-bond donors (Lipinski definition) is 0. The van der Waals surface area contributed by atoms with Crippen LogP contribution < -0.4 is 14.7 Å². The van der Waals surface area contributed by atoms with Crippen molar-refractivity contribution in [2.45, 2.75) is 0 Å². The molecule has 8 heteroatoms. The minimum atomic E-state index is -5.39. The van der Waals surface area contributed by atoms with Gasteiger partial charge in [-0.1, -0.05) is 0 Å². The first-order valence-corrected chi connectivity index (χ1v) is 2.19. The van der Waals surface area contributed by atoms with Crippen LogP contribution in [0.1, 0.15) is 0 Å². The third-order valence-corrected chi connectivity index (χ3v) is 0. The summed E-state index contributed by atoms with van der Waals surface area (Å²) in [5, 5.41) is 0. The fraction of sp³-hybridized carbons (Fsp3) is 0. The molecule has 0 atom stereocenters. The summed E-state index contributed by atoms with van der Waals surface area (Å²) in [5.41, 5.74) is 0. The van der Waals surface area contributed by atoms with Crippen LogP contribution in [0, 0.1) is 0 Å². The van der Waals surface area contributed by atoms with E-state index in [1.54, 1.807) is 0 Å². The summed E-state index contributed by atoms with van der Waals surface area (Å²) < 4.78 is 8.55. The minimum Gasteiger partial charge on any atom is -0.822 e. The van der Waals surface area contributed by atoms with E-state index in [1.807, 2.05) is 0 Å². The Morgan fingerprint density at radius 2 is 1.12 bits per heavy atom. The number of phosphoric acid groups is 1. The van der Waals surface area contributed by atoms with Crippen LogP contribution in [0.3, 0.4) is 0 Å². The monoisotopic (exact) mass is 233 g/mol. The smallest absolute Gasteiger partial charge is 0.822 e. The fourth-order valence-electron chi connectivity index (χ4n) is 0. The van der Waals surface area contributed by atoms with Crippen molar-refractivity contribution in [2.75, 3.05) is 0 Å². The molecule has 8 heavy (non-hydrogen) atoms. The van der Waals surface area contributed by atoms with Crippen molar-refractivity contribution in [3.63, 3.8) is 0 Å². The minimum absolute atomic E-state index is 0. The average Bonchev–Trinajstić information content (AvgIpc) is 0.722. The van der Waals surface area contributed by atoms with Crippen LogP contribution in [0.25, 0.3) is 0 Å². The molecular formula is H2FeO5PZn+. The van der Waals surface area contributed by atoms with Gasteiger partial charge in [-0.2, -0.15) is 7.82 Å². The topological polar surface area (TPSA) is 118 Å². The number of rotatable bonds is 0. The molecule has 0 aliphatic carbocycles. The van der Waals surface area contributed by atoms with Crippen LogP contribution in [0.2, 0.25) is 0 Å². The molecule has 0 saturated heterocycles. The Balaban J connectivity index is -0.0000000267.